The molecule has 48 heavy (non-hydrogen) atoms. The molecule has 0 aliphatic heterocycles. The van der Waals surface area contributed by atoms with E-state index in [0.29, 0.717) is 0 Å². The number of carbonyl (C=O) groups excluding carboxylic acids is 2. The fourth-order valence-corrected chi connectivity index (χ4v) is 5.46. The molecule has 5 rings (SSSR count). The van der Waals surface area contributed by atoms with Crippen LogP contribution in [0.1, 0.15) is 27.0 Å². The number of methoxy groups -OCH3 is 3. The van der Waals surface area contributed by atoms with Crippen molar-refractivity contribution in [2.75, 3.05) is 21.3 Å². The van der Waals surface area contributed by atoms with Crippen LogP contribution in [0.4, 0.5) is 0 Å². The van der Waals surface area contributed by atoms with Gasteiger partial charge in [-0.05, 0) is 22.8 Å². The van der Waals surface area contributed by atoms with Crippen molar-refractivity contribution in [1.29, 1.82) is 0 Å². The number of rotatable bonds is 16. The van der Waals surface area contributed by atoms with Crippen molar-refractivity contribution in [2.45, 2.75) is 37.5 Å². The predicted octanol–water partition coefficient (Wildman–Crippen LogP) is 5.93. The zero-order valence-electron chi connectivity index (χ0n) is 27.0. The van der Waals surface area contributed by atoms with E-state index in [2.05, 4.69) is 0 Å². The van der Waals surface area contributed by atoms with E-state index in [0.717, 1.165) is 16.7 Å². The van der Waals surface area contributed by atoms with Gasteiger partial charge in [-0.25, -0.2) is 0 Å². The second-order valence-electron chi connectivity index (χ2n) is 10.9. The molecule has 1 aliphatic rings. The number of benzene rings is 4. The van der Waals surface area contributed by atoms with Gasteiger partial charge in [0.1, 0.15) is 6.61 Å². The number of ether oxygens (including phenoxy) is 6. The Balaban J connectivity index is 1.67. The summed E-state index contributed by atoms with van der Waals surface area (Å²) in [6.45, 7) is 0.0104. The molecular weight excluding hydrogens is 612 g/mol. The topological polar surface area (TPSA) is 110 Å². The van der Waals surface area contributed by atoms with Gasteiger partial charge in [-0.3, -0.25) is 9.59 Å². The first-order valence-corrected chi connectivity index (χ1v) is 15.3. The highest BCUT2D eigenvalue weighted by molar-refractivity contribution is 6.19. The molecule has 0 amide bonds. The van der Waals surface area contributed by atoms with Gasteiger partial charge in [0.05, 0.1) is 25.9 Å². The lowest BCUT2D eigenvalue weighted by molar-refractivity contribution is -0.382. The Morgan fingerprint density at radius 1 is 0.625 bits per heavy atom. The number of Topliss-reactive ketones (excluding diaryl/α,β-unsaturated/α-hetero) is 2. The molecule has 0 saturated heterocycles. The van der Waals surface area contributed by atoms with Crippen LogP contribution in [-0.2, 0) is 53.0 Å². The van der Waals surface area contributed by atoms with Crippen molar-refractivity contribution < 1.29 is 43.1 Å². The van der Waals surface area contributed by atoms with Crippen LogP contribution < -0.4 is 0 Å². The summed E-state index contributed by atoms with van der Waals surface area (Å²) in [5.41, 5.74) is 2.33. The van der Waals surface area contributed by atoms with E-state index in [4.69, 9.17) is 28.4 Å². The van der Waals surface area contributed by atoms with Crippen LogP contribution in [-0.4, -0.2) is 55.7 Å². The summed E-state index contributed by atoms with van der Waals surface area (Å²) < 4.78 is 37.8. The molecule has 3 unspecified atom stereocenters. The van der Waals surface area contributed by atoms with Crippen molar-refractivity contribution in [3.05, 3.63) is 167 Å². The highest BCUT2D eigenvalue weighted by atomic mass is 16.8. The molecule has 9 nitrogen and oxygen atoms in total. The summed E-state index contributed by atoms with van der Waals surface area (Å²) in [6, 6.07) is 36.1. The van der Waals surface area contributed by atoms with E-state index < -0.39 is 29.2 Å². The standard InChI is InChI=1S/C39H38O9/c1-43-36-32(34(41)35(42)33(40)31-22-14-7-15-23-31)24-38(44-2,47-26-29-18-10-5-11-19-29)39(45-3,48-27-30-20-12-6-13-21-30)37(36)46-25-28-16-8-4-9-17-28/h4-24,35,42H,25-27H2,1-3H3. The van der Waals surface area contributed by atoms with Crippen molar-refractivity contribution in [3.63, 3.8) is 0 Å². The maximum atomic E-state index is 14.2. The number of allylic oxidation sites excluding steroid dienone is 1. The summed E-state index contributed by atoms with van der Waals surface area (Å²) in [6.07, 6.45) is -0.759. The van der Waals surface area contributed by atoms with Gasteiger partial charge in [0.15, 0.2) is 17.6 Å². The second kappa shape index (κ2) is 15.8. The number of aliphatic hydroxyl groups excluding tert-OH is 1. The SMILES string of the molecule is COC1=C(OCc2ccccc2)C(OC)(OCc2ccccc2)C(OC)(OCc2ccccc2)C=C1C(=O)C(O)C(=O)c1ccccc1. The molecule has 0 fully saturated rings. The minimum Gasteiger partial charge on any atom is -0.492 e. The largest absolute Gasteiger partial charge is 0.492 e. The van der Waals surface area contributed by atoms with Crippen LogP contribution in [0.25, 0.3) is 0 Å². The van der Waals surface area contributed by atoms with Crippen molar-refractivity contribution in [1.82, 2.24) is 0 Å². The van der Waals surface area contributed by atoms with Crippen LogP contribution >= 0.6 is 0 Å². The summed E-state index contributed by atoms with van der Waals surface area (Å²) in [5.74, 6) is -5.99. The normalized spacial score (nSPS) is 19.7. The number of ketones is 2. The smallest absolute Gasteiger partial charge is 0.292 e. The van der Waals surface area contributed by atoms with Crippen molar-refractivity contribution in [3.8, 4) is 0 Å². The van der Waals surface area contributed by atoms with E-state index in [1.165, 1.54) is 39.5 Å². The lowest BCUT2D eigenvalue weighted by Gasteiger charge is -2.48. The number of hydrogen-bond acceptors (Lipinski definition) is 9. The first-order valence-electron chi connectivity index (χ1n) is 15.3. The molecule has 248 valence electrons. The first-order chi connectivity index (χ1) is 23.4. The Kier molecular flexibility index (Phi) is 11.3. The number of hydrogen-bond donors (Lipinski definition) is 1. The average Bonchev–Trinajstić information content (AvgIpc) is 3.16. The molecule has 1 N–H and O–H groups in total. The Morgan fingerprint density at radius 2 is 1.10 bits per heavy atom. The van der Waals surface area contributed by atoms with Gasteiger partial charge in [-0.2, -0.15) is 0 Å². The fraction of sp³-hybridized carbons (Fsp3) is 0.231. The van der Waals surface area contributed by atoms with Crippen molar-refractivity contribution in [2.24, 2.45) is 0 Å². The molecule has 4 aromatic rings. The Hall–Kier alpha value is -4.90. The average molecular weight is 651 g/mol. The van der Waals surface area contributed by atoms with Gasteiger partial charge in [-0.1, -0.05) is 121 Å². The van der Waals surface area contributed by atoms with Gasteiger partial charge >= 0.3 is 0 Å². The van der Waals surface area contributed by atoms with E-state index >= 15 is 0 Å². The maximum Gasteiger partial charge on any atom is 0.292 e. The first kappa shape index (κ1) is 34.4. The van der Waals surface area contributed by atoms with Crippen LogP contribution in [0.2, 0.25) is 0 Å². The molecule has 1 aliphatic carbocycles. The van der Waals surface area contributed by atoms with Gasteiger partial charge in [0.2, 0.25) is 11.5 Å². The zero-order chi connectivity index (χ0) is 34.0. The molecule has 0 saturated carbocycles. The molecule has 3 atom stereocenters. The van der Waals surface area contributed by atoms with Gasteiger partial charge < -0.3 is 33.5 Å². The van der Waals surface area contributed by atoms with Gasteiger partial charge in [0.25, 0.3) is 11.6 Å². The number of aliphatic hydroxyl groups is 1. The minimum atomic E-state index is -2.08. The summed E-state index contributed by atoms with van der Waals surface area (Å²) >= 11 is 0. The highest BCUT2D eigenvalue weighted by Gasteiger charge is 2.64. The fourth-order valence-electron chi connectivity index (χ4n) is 5.46. The Bertz CT molecular complexity index is 1720. The second-order valence-corrected chi connectivity index (χ2v) is 10.9. The Morgan fingerprint density at radius 3 is 1.58 bits per heavy atom. The molecule has 0 spiro atoms. The van der Waals surface area contributed by atoms with E-state index in [9.17, 15) is 14.7 Å². The molecule has 4 aromatic carbocycles. The van der Waals surface area contributed by atoms with E-state index in [-0.39, 0.29) is 42.5 Å². The Labute approximate surface area is 279 Å². The third kappa shape index (κ3) is 7.16. The van der Waals surface area contributed by atoms with Gasteiger partial charge in [0, 0.05) is 19.8 Å². The van der Waals surface area contributed by atoms with Crippen LogP contribution in [0.15, 0.2) is 144 Å². The summed E-state index contributed by atoms with van der Waals surface area (Å²) in [4.78, 5) is 27.5. The molecule has 0 aromatic heterocycles. The highest BCUT2D eigenvalue weighted by Crippen LogP contribution is 2.48. The van der Waals surface area contributed by atoms with Gasteiger partial charge in [-0.15, -0.1) is 0 Å². The lowest BCUT2D eigenvalue weighted by Crippen LogP contribution is -2.63. The van der Waals surface area contributed by atoms with Crippen molar-refractivity contribution >= 4 is 11.6 Å². The molecule has 0 heterocycles. The third-order valence-electron chi connectivity index (χ3n) is 7.97. The lowest BCUT2D eigenvalue weighted by atomic mass is 9.86. The summed E-state index contributed by atoms with van der Waals surface area (Å²) in [5, 5.41) is 11.2. The number of carbonyl (C=O) groups is 2. The minimum absolute atomic E-state index is 0.00770. The van der Waals surface area contributed by atoms with E-state index in [1.54, 1.807) is 18.2 Å². The third-order valence-corrected chi connectivity index (χ3v) is 7.97. The zero-order valence-corrected chi connectivity index (χ0v) is 27.0. The molecule has 9 heteroatoms. The summed E-state index contributed by atoms with van der Waals surface area (Å²) in [7, 11) is 4.12. The predicted molar refractivity (Wildman–Crippen MR) is 177 cm³/mol. The van der Waals surface area contributed by atoms with E-state index in [1.807, 2.05) is 91.0 Å². The maximum absolute atomic E-state index is 14.2. The van der Waals surface area contributed by atoms with Crippen LogP contribution in [0.5, 0.6) is 0 Å². The van der Waals surface area contributed by atoms with Crippen LogP contribution in [0.3, 0.4) is 0 Å². The quantitative estimate of drug-likeness (QED) is 0.0896. The monoisotopic (exact) mass is 650 g/mol. The van der Waals surface area contributed by atoms with Crippen LogP contribution in [0, 0.1) is 0 Å². The molecule has 0 bridgehead atoms. The molecule has 0 radical (unpaired) electrons. The molecular formula is C39H38O9.